The summed E-state index contributed by atoms with van der Waals surface area (Å²) in [4.78, 5) is 7.43. The number of hydrogen-bond acceptors (Lipinski definition) is 6. The van der Waals surface area contributed by atoms with E-state index in [0.717, 1.165) is 48.2 Å². The maximum absolute atomic E-state index is 6.02. The lowest BCUT2D eigenvalue weighted by Crippen LogP contribution is -2.37. The van der Waals surface area contributed by atoms with Gasteiger partial charge in [-0.05, 0) is 50.9 Å². The molecule has 2 aromatic rings. The number of ether oxygens (including phenoxy) is 2. The molecule has 0 aliphatic carbocycles. The predicted octanol–water partition coefficient (Wildman–Crippen LogP) is 2.99. The summed E-state index contributed by atoms with van der Waals surface area (Å²) in [5.41, 5.74) is 1.84. The number of aromatic nitrogens is 1. The van der Waals surface area contributed by atoms with E-state index in [-0.39, 0.29) is 0 Å². The zero-order chi connectivity index (χ0) is 18.1. The van der Waals surface area contributed by atoms with Crippen molar-refractivity contribution in [3.63, 3.8) is 0 Å². The minimum Gasteiger partial charge on any atom is -0.497 e. The second kappa shape index (κ2) is 7.29. The number of nitrogens with one attached hydrogen (secondary N) is 1. The smallest absolute Gasteiger partial charge is 0.230 e. The molecule has 2 fully saturated rings. The zero-order valence-electron chi connectivity index (χ0n) is 15.7. The Hall–Kier alpha value is -2.05. The maximum atomic E-state index is 6.02. The molecule has 0 spiro atoms. The molecule has 2 saturated heterocycles. The van der Waals surface area contributed by atoms with Crippen LogP contribution in [0.15, 0.2) is 22.6 Å². The van der Waals surface area contributed by atoms with Gasteiger partial charge in [0, 0.05) is 25.2 Å². The normalized spacial score (nSPS) is 23.0. The number of benzene rings is 1. The molecule has 4 rings (SSSR count). The summed E-state index contributed by atoms with van der Waals surface area (Å²) >= 11 is 0. The van der Waals surface area contributed by atoms with E-state index in [0.29, 0.717) is 18.0 Å². The van der Waals surface area contributed by atoms with Crippen molar-refractivity contribution >= 4 is 0 Å². The molecule has 6 heteroatoms. The van der Waals surface area contributed by atoms with Crippen LogP contribution in [0.3, 0.4) is 0 Å². The molecule has 0 saturated carbocycles. The van der Waals surface area contributed by atoms with Crippen LogP contribution in [0.4, 0.5) is 0 Å². The molecule has 1 aromatic carbocycles. The summed E-state index contributed by atoms with van der Waals surface area (Å²) in [6.07, 6.45) is 3.77. The van der Waals surface area contributed by atoms with Gasteiger partial charge in [-0.15, -0.1) is 0 Å². The summed E-state index contributed by atoms with van der Waals surface area (Å²) in [5, 5.41) is 3.55. The zero-order valence-corrected chi connectivity index (χ0v) is 15.7. The second-order valence-electron chi connectivity index (χ2n) is 7.14. The maximum Gasteiger partial charge on any atom is 0.230 e. The lowest BCUT2D eigenvalue weighted by Gasteiger charge is -2.26. The van der Waals surface area contributed by atoms with Gasteiger partial charge in [0.2, 0.25) is 5.89 Å². The highest BCUT2D eigenvalue weighted by atomic mass is 16.5. The second-order valence-corrected chi connectivity index (χ2v) is 7.14. The Kier molecular flexibility index (Phi) is 4.87. The van der Waals surface area contributed by atoms with Crippen molar-refractivity contribution in [2.75, 3.05) is 27.3 Å². The molecule has 3 heterocycles. The van der Waals surface area contributed by atoms with E-state index in [4.69, 9.17) is 18.9 Å². The molecule has 2 aliphatic rings. The first-order valence-electron chi connectivity index (χ1n) is 9.34. The van der Waals surface area contributed by atoms with Crippen molar-refractivity contribution in [3.8, 4) is 23.0 Å². The first kappa shape index (κ1) is 17.4. The monoisotopic (exact) mass is 357 g/mol. The van der Waals surface area contributed by atoms with E-state index >= 15 is 0 Å². The third-order valence-electron chi connectivity index (χ3n) is 5.67. The number of oxazole rings is 1. The molecule has 2 atom stereocenters. The highest BCUT2D eigenvalue weighted by Gasteiger charge is 2.35. The first-order valence-corrected chi connectivity index (χ1v) is 9.34. The SMILES string of the molecule is COc1ccc(OC)c(-c2nc(CN3[C@H]4CCNC[C@@H]3CC4)c(C)o2)c1. The van der Waals surface area contributed by atoms with Crippen molar-refractivity contribution in [2.45, 2.75) is 44.8 Å². The molecule has 1 N–H and O–H groups in total. The van der Waals surface area contributed by atoms with Crippen LogP contribution in [0.2, 0.25) is 0 Å². The Morgan fingerprint density at radius 2 is 2.04 bits per heavy atom. The standard InChI is InChI=1S/C20H27N3O3/c1-13-18(12-23-14-4-5-15(23)11-21-9-8-14)22-20(26-13)17-10-16(24-2)6-7-19(17)25-3/h6-7,10,14-15,21H,4-5,8-9,11-12H2,1-3H3/t14-,15+/m1/s1. The summed E-state index contributed by atoms with van der Waals surface area (Å²) < 4.78 is 16.8. The van der Waals surface area contributed by atoms with Crippen LogP contribution >= 0.6 is 0 Å². The lowest BCUT2D eigenvalue weighted by molar-refractivity contribution is 0.190. The molecule has 26 heavy (non-hydrogen) atoms. The number of nitrogens with zero attached hydrogens (tertiary/aromatic N) is 2. The van der Waals surface area contributed by atoms with E-state index < -0.39 is 0 Å². The Morgan fingerprint density at radius 3 is 2.85 bits per heavy atom. The third-order valence-corrected chi connectivity index (χ3v) is 5.67. The quantitative estimate of drug-likeness (QED) is 0.888. The van der Waals surface area contributed by atoms with E-state index in [1.54, 1.807) is 14.2 Å². The van der Waals surface area contributed by atoms with Crippen molar-refractivity contribution < 1.29 is 13.9 Å². The van der Waals surface area contributed by atoms with Crippen LogP contribution in [-0.4, -0.2) is 49.3 Å². The number of rotatable bonds is 5. The largest absolute Gasteiger partial charge is 0.497 e. The Labute approximate surface area is 154 Å². The summed E-state index contributed by atoms with van der Waals surface area (Å²) in [6.45, 7) is 5.03. The van der Waals surface area contributed by atoms with Gasteiger partial charge < -0.3 is 19.2 Å². The van der Waals surface area contributed by atoms with Gasteiger partial charge in [-0.25, -0.2) is 4.98 Å². The average molecular weight is 357 g/mol. The van der Waals surface area contributed by atoms with Crippen molar-refractivity contribution in [1.29, 1.82) is 0 Å². The molecule has 2 bridgehead atoms. The minimum absolute atomic E-state index is 0.591. The van der Waals surface area contributed by atoms with E-state index in [2.05, 4.69) is 10.2 Å². The Morgan fingerprint density at radius 1 is 1.19 bits per heavy atom. The van der Waals surface area contributed by atoms with Crippen LogP contribution < -0.4 is 14.8 Å². The summed E-state index contributed by atoms with van der Waals surface area (Å²) in [6, 6.07) is 6.93. The van der Waals surface area contributed by atoms with Gasteiger partial charge >= 0.3 is 0 Å². The van der Waals surface area contributed by atoms with E-state index in [1.165, 1.54) is 19.3 Å². The molecule has 0 amide bonds. The summed E-state index contributed by atoms with van der Waals surface area (Å²) in [5.74, 6) is 2.96. The van der Waals surface area contributed by atoms with E-state index in [9.17, 15) is 0 Å². The first-order chi connectivity index (χ1) is 12.7. The van der Waals surface area contributed by atoms with Gasteiger partial charge in [-0.1, -0.05) is 0 Å². The molecular weight excluding hydrogens is 330 g/mol. The molecule has 6 nitrogen and oxygen atoms in total. The van der Waals surface area contributed by atoms with Crippen LogP contribution in [0.1, 0.15) is 30.7 Å². The molecule has 140 valence electrons. The van der Waals surface area contributed by atoms with Crippen LogP contribution in [0, 0.1) is 6.92 Å². The topological polar surface area (TPSA) is 59.8 Å². The third kappa shape index (κ3) is 3.19. The van der Waals surface area contributed by atoms with E-state index in [1.807, 2.05) is 25.1 Å². The van der Waals surface area contributed by atoms with Crippen LogP contribution in [0.5, 0.6) is 11.5 Å². The van der Waals surface area contributed by atoms with Gasteiger partial charge in [0.25, 0.3) is 0 Å². The molecule has 0 radical (unpaired) electrons. The van der Waals surface area contributed by atoms with Gasteiger partial charge in [-0.3, -0.25) is 4.90 Å². The van der Waals surface area contributed by atoms with Gasteiger partial charge in [0.15, 0.2) is 0 Å². The Bertz CT molecular complexity index is 760. The summed E-state index contributed by atoms with van der Waals surface area (Å²) in [7, 11) is 3.31. The fourth-order valence-electron chi connectivity index (χ4n) is 4.18. The fourth-order valence-corrected chi connectivity index (χ4v) is 4.18. The number of aryl methyl sites for hydroxylation is 1. The minimum atomic E-state index is 0.591. The molecule has 2 aliphatic heterocycles. The number of methoxy groups -OCH3 is 2. The number of fused-ring (bicyclic) bond motifs is 2. The average Bonchev–Trinajstić information content (AvgIpc) is 3.13. The lowest BCUT2D eigenvalue weighted by atomic mass is 10.1. The van der Waals surface area contributed by atoms with Crippen LogP contribution in [-0.2, 0) is 6.54 Å². The fraction of sp³-hybridized carbons (Fsp3) is 0.550. The van der Waals surface area contributed by atoms with Gasteiger partial charge in [0.1, 0.15) is 17.3 Å². The molecular formula is C20H27N3O3. The number of hydrogen-bond donors (Lipinski definition) is 1. The molecule has 0 unspecified atom stereocenters. The van der Waals surface area contributed by atoms with Crippen molar-refractivity contribution in [1.82, 2.24) is 15.2 Å². The Balaban J connectivity index is 1.62. The highest BCUT2D eigenvalue weighted by molar-refractivity contribution is 5.65. The highest BCUT2D eigenvalue weighted by Crippen LogP contribution is 2.35. The van der Waals surface area contributed by atoms with Crippen molar-refractivity contribution in [3.05, 3.63) is 29.7 Å². The van der Waals surface area contributed by atoms with Crippen molar-refractivity contribution in [2.24, 2.45) is 0 Å². The molecule has 1 aromatic heterocycles. The van der Waals surface area contributed by atoms with Gasteiger partial charge in [-0.2, -0.15) is 0 Å². The van der Waals surface area contributed by atoms with Gasteiger partial charge in [0.05, 0.1) is 25.5 Å². The predicted molar refractivity (Wildman–Crippen MR) is 99.6 cm³/mol. The van der Waals surface area contributed by atoms with Crippen LogP contribution in [0.25, 0.3) is 11.5 Å².